The van der Waals surface area contributed by atoms with Crippen LogP contribution in [0.2, 0.25) is 0 Å². The molecule has 15 heteroatoms. The second-order valence-electron chi connectivity index (χ2n) is 8.58. The maximum Gasteiger partial charge on any atom is 0.351 e. The molecule has 1 saturated heterocycles. The summed E-state index contributed by atoms with van der Waals surface area (Å²) >= 11 is 0. The first kappa shape index (κ1) is 26.7. The van der Waals surface area contributed by atoms with E-state index in [9.17, 15) is 24.0 Å². The largest absolute Gasteiger partial charge is 0.462 e. The summed E-state index contributed by atoms with van der Waals surface area (Å²) in [5, 5.41) is 0. The zero-order valence-corrected chi connectivity index (χ0v) is 20.3. The molecule has 15 nitrogen and oxygen atoms in total. The average Bonchev–Trinajstić information content (AvgIpc) is 3.20. The van der Waals surface area contributed by atoms with E-state index < -0.39 is 72.8 Å². The summed E-state index contributed by atoms with van der Waals surface area (Å²) in [6, 6.07) is 5.32. The summed E-state index contributed by atoms with van der Waals surface area (Å²) in [6.07, 6.45) is -3.82. The first-order valence-electron chi connectivity index (χ1n) is 11.5. The molecule has 0 radical (unpaired) electrons. The minimum Gasteiger partial charge on any atom is -0.462 e. The van der Waals surface area contributed by atoms with Crippen LogP contribution in [-0.4, -0.2) is 70.4 Å². The van der Waals surface area contributed by atoms with Gasteiger partial charge in [-0.3, -0.25) is 9.36 Å². The van der Waals surface area contributed by atoms with Crippen LogP contribution in [-0.2, 0) is 33.4 Å². The van der Waals surface area contributed by atoms with Crippen molar-refractivity contribution in [2.24, 2.45) is 11.5 Å². The second-order valence-corrected chi connectivity index (χ2v) is 8.58. The van der Waals surface area contributed by atoms with E-state index in [1.807, 2.05) is 0 Å². The van der Waals surface area contributed by atoms with Crippen LogP contribution >= 0.6 is 0 Å². The van der Waals surface area contributed by atoms with Gasteiger partial charge in [0.25, 0.3) is 0 Å². The van der Waals surface area contributed by atoms with Gasteiger partial charge < -0.3 is 35.3 Å². The number of rotatable bonds is 7. The highest BCUT2D eigenvalue weighted by Crippen LogP contribution is 2.36. The highest BCUT2D eigenvalue weighted by atomic mass is 16.7. The minimum absolute atomic E-state index is 0.0265. The Hall–Kier alpha value is -4.34. The van der Waals surface area contributed by atoms with Crippen LogP contribution in [0, 0.1) is 0 Å². The molecule has 5 N–H and O–H groups in total. The molecule has 3 heterocycles. The summed E-state index contributed by atoms with van der Waals surface area (Å²) in [6.45, 7) is 2.41. The highest BCUT2D eigenvalue weighted by Gasteiger charge is 2.52. The number of esters is 3. The van der Waals surface area contributed by atoms with Crippen molar-refractivity contribution in [2.45, 2.75) is 50.5 Å². The van der Waals surface area contributed by atoms with Gasteiger partial charge in [0, 0.05) is 12.3 Å². The minimum atomic E-state index is -1.33. The summed E-state index contributed by atoms with van der Waals surface area (Å²) in [5.41, 5.74) is 12.2. The third kappa shape index (κ3) is 5.49. The van der Waals surface area contributed by atoms with Crippen molar-refractivity contribution in [3.63, 3.8) is 0 Å². The smallest absolute Gasteiger partial charge is 0.351 e. The van der Waals surface area contributed by atoms with E-state index in [1.54, 1.807) is 12.1 Å². The van der Waals surface area contributed by atoms with E-state index in [0.29, 0.717) is 0 Å². The van der Waals surface area contributed by atoms with Crippen molar-refractivity contribution in [3.8, 4) is 0 Å². The molecular formula is C23H25N5O10. The number of nitrogens with two attached hydrogens (primary N) is 2. The van der Waals surface area contributed by atoms with Gasteiger partial charge in [-0.2, -0.15) is 4.98 Å². The van der Waals surface area contributed by atoms with Gasteiger partial charge in [0.2, 0.25) is 0 Å². The Morgan fingerprint density at radius 3 is 2.18 bits per heavy atom. The van der Waals surface area contributed by atoms with Gasteiger partial charge in [0.05, 0.1) is 11.1 Å². The van der Waals surface area contributed by atoms with Gasteiger partial charge in [0.1, 0.15) is 24.8 Å². The third-order valence-electron chi connectivity index (χ3n) is 5.63. The number of anilines is 1. The molecule has 1 fully saturated rings. The first-order valence-corrected chi connectivity index (χ1v) is 11.5. The standard InChI is InChI=1S/C23H25N5O10/c1-10(24)19(29)34-9-14-16-17(37-22(32)13-6-4-3-5-12(13)21(31)36-16)18(35-14)28-8-7-15(26-23(28)33)27-38-20(30)11(2)25/h3-8,10-11,14,16-18H,9,24-25H2,1-2H3,(H,26,27,33)/t10-,11-,14+,16+,17+,18+/m0/s1. The molecule has 0 saturated carbocycles. The Kier molecular flexibility index (Phi) is 7.70. The van der Waals surface area contributed by atoms with Crippen molar-refractivity contribution < 1.29 is 43.0 Å². The van der Waals surface area contributed by atoms with Crippen LogP contribution in [0.25, 0.3) is 0 Å². The molecule has 1 aromatic carbocycles. The lowest BCUT2D eigenvalue weighted by Gasteiger charge is -2.27. The van der Waals surface area contributed by atoms with Crippen LogP contribution in [0.15, 0.2) is 41.3 Å². The molecule has 38 heavy (non-hydrogen) atoms. The summed E-state index contributed by atoms with van der Waals surface area (Å²) < 4.78 is 23.3. The van der Waals surface area contributed by atoms with Crippen LogP contribution in [0.4, 0.5) is 5.82 Å². The number of benzene rings is 1. The molecule has 2 aromatic rings. The van der Waals surface area contributed by atoms with Gasteiger partial charge in [0.15, 0.2) is 24.3 Å². The van der Waals surface area contributed by atoms with Gasteiger partial charge in [-0.1, -0.05) is 12.1 Å². The maximum atomic E-state index is 13.0. The molecule has 1 aromatic heterocycles. The number of aromatic nitrogens is 2. The van der Waals surface area contributed by atoms with Crippen molar-refractivity contribution in [1.82, 2.24) is 9.55 Å². The number of hydrogen-bond donors (Lipinski definition) is 3. The zero-order chi connectivity index (χ0) is 27.6. The second kappa shape index (κ2) is 11.0. The third-order valence-corrected chi connectivity index (χ3v) is 5.63. The van der Waals surface area contributed by atoms with Crippen molar-refractivity contribution in [3.05, 3.63) is 58.1 Å². The fraction of sp³-hybridized carbons (Fsp3) is 0.391. The van der Waals surface area contributed by atoms with E-state index in [4.69, 9.17) is 35.3 Å². The molecule has 0 aliphatic carbocycles. The molecule has 0 unspecified atom stereocenters. The molecule has 0 amide bonds. The van der Waals surface area contributed by atoms with E-state index in [1.165, 1.54) is 38.2 Å². The molecule has 0 spiro atoms. The molecule has 202 valence electrons. The Labute approximate surface area is 214 Å². The van der Waals surface area contributed by atoms with Crippen LogP contribution in [0.5, 0.6) is 0 Å². The van der Waals surface area contributed by atoms with Crippen LogP contribution in [0.1, 0.15) is 40.8 Å². The van der Waals surface area contributed by atoms with Crippen molar-refractivity contribution in [2.75, 3.05) is 12.1 Å². The molecule has 4 rings (SSSR count). The molecule has 2 aliphatic rings. The number of nitrogens with zero attached hydrogens (tertiary/aromatic N) is 2. The SMILES string of the molecule is C[C@H](N)C(=O)OC[C@H]1O[C@@H](n2ccc(NOC(=O)[C@H](C)N)nc2=O)[C@@H]2OC(=O)c3ccccc3C(=O)O[C@@H]21. The van der Waals surface area contributed by atoms with Gasteiger partial charge in [-0.15, -0.1) is 0 Å². The van der Waals surface area contributed by atoms with Gasteiger partial charge in [-0.05, 0) is 26.0 Å². The number of ether oxygens (including phenoxy) is 4. The molecular weight excluding hydrogens is 506 g/mol. The number of carbonyl (C=O) groups is 4. The Morgan fingerprint density at radius 2 is 1.61 bits per heavy atom. The normalized spacial score (nSPS) is 23.9. The number of nitrogens with one attached hydrogen (secondary N) is 1. The van der Waals surface area contributed by atoms with E-state index >= 15 is 0 Å². The Morgan fingerprint density at radius 1 is 1.00 bits per heavy atom. The summed E-state index contributed by atoms with van der Waals surface area (Å²) in [4.78, 5) is 70.7. The lowest BCUT2D eigenvalue weighted by molar-refractivity contribution is -0.151. The fourth-order valence-corrected chi connectivity index (χ4v) is 3.70. The Balaban J connectivity index is 1.65. The molecule has 2 aliphatic heterocycles. The van der Waals surface area contributed by atoms with Crippen LogP contribution in [0.3, 0.4) is 0 Å². The zero-order valence-electron chi connectivity index (χ0n) is 20.3. The first-order chi connectivity index (χ1) is 18.1. The quantitative estimate of drug-likeness (QED) is 0.222. The predicted octanol–water partition coefficient (Wildman–Crippen LogP) is -0.987. The van der Waals surface area contributed by atoms with E-state index in [2.05, 4.69) is 10.5 Å². The Bertz CT molecular complexity index is 1310. The van der Waals surface area contributed by atoms with Crippen molar-refractivity contribution >= 4 is 29.7 Å². The lowest BCUT2D eigenvalue weighted by atomic mass is 10.0. The molecule has 0 bridgehead atoms. The van der Waals surface area contributed by atoms with E-state index in [-0.39, 0.29) is 16.9 Å². The van der Waals surface area contributed by atoms with Crippen molar-refractivity contribution in [1.29, 1.82) is 0 Å². The maximum absolute atomic E-state index is 13.0. The number of fused-ring (bicyclic) bond motifs is 2. The number of hydrogen-bond acceptors (Lipinski definition) is 14. The summed E-state index contributed by atoms with van der Waals surface area (Å²) in [7, 11) is 0. The molecule has 6 atom stereocenters. The lowest BCUT2D eigenvalue weighted by Crippen LogP contribution is -2.44. The number of carbonyl (C=O) groups excluding carboxylic acids is 4. The summed E-state index contributed by atoms with van der Waals surface area (Å²) in [5.74, 6) is -3.33. The monoisotopic (exact) mass is 531 g/mol. The fourth-order valence-electron chi connectivity index (χ4n) is 3.70. The van der Waals surface area contributed by atoms with Gasteiger partial charge >= 0.3 is 29.6 Å². The average molecular weight is 531 g/mol. The highest BCUT2D eigenvalue weighted by molar-refractivity contribution is 6.03. The van der Waals surface area contributed by atoms with Gasteiger partial charge in [-0.25, -0.2) is 24.7 Å². The predicted molar refractivity (Wildman–Crippen MR) is 125 cm³/mol. The topological polar surface area (TPSA) is 213 Å². The van der Waals surface area contributed by atoms with Crippen LogP contribution < -0.4 is 22.6 Å². The van der Waals surface area contributed by atoms with E-state index in [0.717, 1.165) is 4.57 Å².